The van der Waals surface area contributed by atoms with E-state index in [9.17, 15) is 4.79 Å². The third-order valence-electron chi connectivity index (χ3n) is 2.45. The minimum Gasteiger partial charge on any atom is -0.351 e. The second-order valence-corrected chi connectivity index (χ2v) is 3.76. The molecule has 4 heteroatoms. The highest BCUT2D eigenvalue weighted by Gasteiger charge is 2.29. The Labute approximate surface area is 79.7 Å². The molecular formula is C9H19N3O. The normalized spacial score (nSPS) is 30.2. The number of nitrogens with zero attached hydrogens (tertiary/aromatic N) is 1. The molecule has 0 saturated carbocycles. The van der Waals surface area contributed by atoms with Crippen LogP contribution in [0, 0.1) is 0 Å². The molecule has 2 N–H and O–H groups in total. The van der Waals surface area contributed by atoms with Gasteiger partial charge in [0.2, 0.25) is 5.91 Å². The average Bonchev–Trinajstić information content (AvgIpc) is 2.02. The first-order valence-corrected chi connectivity index (χ1v) is 4.80. The van der Waals surface area contributed by atoms with Crippen LogP contribution >= 0.6 is 0 Å². The quantitative estimate of drug-likeness (QED) is 0.618. The van der Waals surface area contributed by atoms with E-state index in [-0.39, 0.29) is 18.0 Å². The fourth-order valence-corrected chi connectivity index (χ4v) is 1.78. The molecule has 1 heterocycles. The van der Waals surface area contributed by atoms with Gasteiger partial charge < -0.3 is 10.6 Å². The molecule has 1 fully saturated rings. The van der Waals surface area contributed by atoms with Crippen LogP contribution in [0.5, 0.6) is 0 Å². The summed E-state index contributed by atoms with van der Waals surface area (Å²) >= 11 is 0. The van der Waals surface area contributed by atoms with Crippen molar-refractivity contribution in [2.75, 3.05) is 27.2 Å². The van der Waals surface area contributed by atoms with Crippen molar-refractivity contribution in [1.29, 1.82) is 0 Å². The molecule has 0 aromatic carbocycles. The Morgan fingerprint density at radius 2 is 2.38 bits per heavy atom. The van der Waals surface area contributed by atoms with Gasteiger partial charge in [-0.3, -0.25) is 9.69 Å². The highest BCUT2D eigenvalue weighted by molar-refractivity contribution is 5.82. The van der Waals surface area contributed by atoms with E-state index < -0.39 is 0 Å². The van der Waals surface area contributed by atoms with Crippen LogP contribution in [0.3, 0.4) is 0 Å². The lowest BCUT2D eigenvalue weighted by molar-refractivity contribution is -0.129. The monoisotopic (exact) mass is 185 g/mol. The molecule has 1 rings (SSSR count). The lowest BCUT2D eigenvalue weighted by Crippen LogP contribution is -2.58. The Morgan fingerprint density at radius 1 is 1.69 bits per heavy atom. The van der Waals surface area contributed by atoms with E-state index in [1.165, 1.54) is 0 Å². The van der Waals surface area contributed by atoms with Gasteiger partial charge in [-0.05, 0) is 34.0 Å². The zero-order valence-corrected chi connectivity index (χ0v) is 8.63. The van der Waals surface area contributed by atoms with Crippen molar-refractivity contribution in [1.82, 2.24) is 15.5 Å². The third-order valence-corrected chi connectivity index (χ3v) is 2.45. The summed E-state index contributed by atoms with van der Waals surface area (Å²) in [5, 5.41) is 6.02. The molecule has 0 aromatic rings. The van der Waals surface area contributed by atoms with E-state index in [4.69, 9.17) is 0 Å². The van der Waals surface area contributed by atoms with Gasteiger partial charge in [-0.15, -0.1) is 0 Å². The predicted molar refractivity (Wildman–Crippen MR) is 52.6 cm³/mol. The van der Waals surface area contributed by atoms with Gasteiger partial charge >= 0.3 is 0 Å². The zero-order valence-electron chi connectivity index (χ0n) is 8.63. The minimum atomic E-state index is 0.0450. The van der Waals surface area contributed by atoms with Crippen LogP contribution in [0.15, 0.2) is 0 Å². The summed E-state index contributed by atoms with van der Waals surface area (Å²) in [4.78, 5) is 13.7. The van der Waals surface area contributed by atoms with Crippen molar-refractivity contribution in [3.05, 3.63) is 0 Å². The number of nitrogens with one attached hydrogen (secondary N) is 2. The topological polar surface area (TPSA) is 44.4 Å². The Hall–Kier alpha value is -0.610. The van der Waals surface area contributed by atoms with E-state index in [0.717, 1.165) is 19.5 Å². The number of hydrogen-bond acceptors (Lipinski definition) is 3. The number of likely N-dealkylation sites (N-methyl/N-ethyl adjacent to an activating group) is 1. The summed E-state index contributed by atoms with van der Waals surface area (Å²) in [6.07, 6.45) is 0.881. The first kappa shape index (κ1) is 10.5. The summed E-state index contributed by atoms with van der Waals surface area (Å²) < 4.78 is 0. The maximum Gasteiger partial charge on any atom is 0.237 e. The largest absolute Gasteiger partial charge is 0.351 e. The Kier molecular flexibility index (Phi) is 3.69. The fraction of sp³-hybridized carbons (Fsp3) is 0.889. The van der Waals surface area contributed by atoms with Gasteiger partial charge in [0.1, 0.15) is 0 Å². The summed E-state index contributed by atoms with van der Waals surface area (Å²) in [6, 6.07) is 0.326. The number of carbonyl (C=O) groups excluding carboxylic acids is 1. The highest BCUT2D eigenvalue weighted by atomic mass is 16.2. The van der Waals surface area contributed by atoms with Crippen molar-refractivity contribution in [3.63, 3.8) is 0 Å². The van der Waals surface area contributed by atoms with Crippen LogP contribution in [0.4, 0.5) is 0 Å². The lowest BCUT2D eigenvalue weighted by atomic mass is 10.1. The van der Waals surface area contributed by atoms with Gasteiger partial charge in [0.25, 0.3) is 0 Å². The SMILES string of the molecule is CNCCC1C(=O)NC(C)CN1C. The molecule has 0 spiro atoms. The minimum absolute atomic E-state index is 0.0450. The van der Waals surface area contributed by atoms with Crippen molar-refractivity contribution >= 4 is 5.91 Å². The van der Waals surface area contributed by atoms with Gasteiger partial charge in [0.05, 0.1) is 6.04 Å². The molecule has 4 nitrogen and oxygen atoms in total. The van der Waals surface area contributed by atoms with Crippen LogP contribution < -0.4 is 10.6 Å². The van der Waals surface area contributed by atoms with E-state index in [0.29, 0.717) is 0 Å². The Balaban J connectivity index is 2.46. The van der Waals surface area contributed by atoms with Gasteiger partial charge in [-0.2, -0.15) is 0 Å². The van der Waals surface area contributed by atoms with Crippen LogP contribution in [0.1, 0.15) is 13.3 Å². The third kappa shape index (κ3) is 2.67. The lowest BCUT2D eigenvalue weighted by Gasteiger charge is -2.35. The molecule has 0 aromatic heterocycles. The first-order valence-electron chi connectivity index (χ1n) is 4.80. The Morgan fingerprint density at radius 3 is 2.92 bits per heavy atom. The molecule has 0 bridgehead atoms. The molecule has 2 atom stereocenters. The summed E-state index contributed by atoms with van der Waals surface area (Å²) in [5.74, 6) is 0.163. The first-order chi connectivity index (χ1) is 6.15. The van der Waals surface area contributed by atoms with Crippen LogP contribution in [0.25, 0.3) is 0 Å². The molecular weight excluding hydrogens is 166 g/mol. The van der Waals surface area contributed by atoms with E-state index in [1.54, 1.807) is 0 Å². The zero-order chi connectivity index (χ0) is 9.84. The number of carbonyl (C=O) groups is 1. The second-order valence-electron chi connectivity index (χ2n) is 3.76. The smallest absolute Gasteiger partial charge is 0.237 e. The molecule has 76 valence electrons. The van der Waals surface area contributed by atoms with E-state index in [2.05, 4.69) is 15.5 Å². The van der Waals surface area contributed by atoms with Crippen molar-refractivity contribution in [2.45, 2.75) is 25.4 Å². The standard InChI is InChI=1S/C9H19N3O/c1-7-6-12(3)8(4-5-10-2)9(13)11-7/h7-8,10H,4-6H2,1-3H3,(H,11,13). The van der Waals surface area contributed by atoms with Crippen LogP contribution in [-0.2, 0) is 4.79 Å². The molecule has 0 aliphatic carbocycles. The second kappa shape index (κ2) is 4.58. The molecule has 1 amide bonds. The van der Waals surface area contributed by atoms with Crippen molar-refractivity contribution in [3.8, 4) is 0 Å². The van der Waals surface area contributed by atoms with Crippen LogP contribution in [-0.4, -0.2) is 50.1 Å². The molecule has 0 radical (unpaired) electrons. The fourth-order valence-electron chi connectivity index (χ4n) is 1.78. The van der Waals surface area contributed by atoms with Crippen molar-refractivity contribution < 1.29 is 4.79 Å². The maximum atomic E-state index is 11.5. The summed E-state index contributed by atoms with van der Waals surface area (Å²) in [6.45, 7) is 3.86. The predicted octanol–water partition coefficient (Wildman–Crippen LogP) is -0.585. The highest BCUT2D eigenvalue weighted by Crippen LogP contribution is 2.08. The molecule has 1 aliphatic heterocycles. The molecule has 1 saturated heterocycles. The van der Waals surface area contributed by atoms with Gasteiger partial charge in [0.15, 0.2) is 0 Å². The molecule has 2 unspecified atom stereocenters. The van der Waals surface area contributed by atoms with E-state index >= 15 is 0 Å². The summed E-state index contributed by atoms with van der Waals surface area (Å²) in [5.41, 5.74) is 0. The number of hydrogen-bond donors (Lipinski definition) is 2. The number of piperazine rings is 1. The van der Waals surface area contributed by atoms with Crippen LogP contribution in [0.2, 0.25) is 0 Å². The molecule has 13 heavy (non-hydrogen) atoms. The molecule has 1 aliphatic rings. The number of rotatable bonds is 3. The maximum absolute atomic E-state index is 11.5. The Bertz CT molecular complexity index is 184. The van der Waals surface area contributed by atoms with Gasteiger partial charge in [0, 0.05) is 12.6 Å². The van der Waals surface area contributed by atoms with Gasteiger partial charge in [-0.25, -0.2) is 0 Å². The van der Waals surface area contributed by atoms with Gasteiger partial charge in [-0.1, -0.05) is 0 Å². The van der Waals surface area contributed by atoms with E-state index in [1.807, 2.05) is 21.0 Å². The van der Waals surface area contributed by atoms with Crippen molar-refractivity contribution in [2.24, 2.45) is 0 Å². The average molecular weight is 185 g/mol. The number of amides is 1. The summed E-state index contributed by atoms with van der Waals surface area (Å²) in [7, 11) is 3.92.